The number of likely N-dealkylation sites (tertiary alicyclic amines) is 1. The largest absolute Gasteiger partial charge is 0.370 e. The first-order valence-electron chi connectivity index (χ1n) is 14.7. The Bertz CT molecular complexity index is 1480. The molecule has 3 aliphatic heterocycles. The van der Waals surface area contributed by atoms with Gasteiger partial charge in [-0.25, -0.2) is 8.42 Å². The number of nitrogens with zero attached hydrogens (tertiary/aromatic N) is 4. The third-order valence-electron chi connectivity index (χ3n) is 9.04. The van der Waals surface area contributed by atoms with E-state index in [1.54, 1.807) is 16.4 Å². The molecule has 3 aliphatic rings. The van der Waals surface area contributed by atoms with Crippen molar-refractivity contribution >= 4 is 26.7 Å². The van der Waals surface area contributed by atoms with Gasteiger partial charge in [0.15, 0.2) is 0 Å². The number of carbonyl (C=O) groups is 1. The SMILES string of the molecule is CN1CCC(N2CCN(C(=O)COCC3Cc4ccccc4CN3S(=O)(=O)c3ccc4ccccc4c3)CC2)CC1. The fraction of sp³-hybridized carbons (Fsp3) is 0.469. The average Bonchev–Trinajstić information content (AvgIpc) is 3.01. The van der Waals surface area contributed by atoms with Crippen LogP contribution in [0.4, 0.5) is 0 Å². The van der Waals surface area contributed by atoms with Crippen molar-refractivity contribution in [3.63, 3.8) is 0 Å². The number of hydrogen-bond donors (Lipinski definition) is 0. The number of sulfonamides is 1. The monoisotopic (exact) mass is 576 g/mol. The minimum Gasteiger partial charge on any atom is -0.370 e. The molecule has 1 unspecified atom stereocenters. The van der Waals surface area contributed by atoms with Crippen molar-refractivity contribution in [2.75, 3.05) is 59.5 Å². The van der Waals surface area contributed by atoms with Crippen molar-refractivity contribution < 1.29 is 17.9 Å². The fourth-order valence-electron chi connectivity index (χ4n) is 6.52. The average molecular weight is 577 g/mol. The maximum absolute atomic E-state index is 14.0. The van der Waals surface area contributed by atoms with Crippen LogP contribution in [0.2, 0.25) is 0 Å². The number of benzene rings is 3. The van der Waals surface area contributed by atoms with Crippen molar-refractivity contribution in [2.24, 2.45) is 0 Å². The second-order valence-corrected chi connectivity index (χ2v) is 13.5. The molecule has 0 spiro atoms. The fourth-order valence-corrected chi connectivity index (χ4v) is 8.14. The van der Waals surface area contributed by atoms with Gasteiger partial charge < -0.3 is 14.5 Å². The lowest BCUT2D eigenvalue weighted by molar-refractivity contribution is -0.138. The number of ether oxygens (including phenoxy) is 1. The van der Waals surface area contributed by atoms with Crippen molar-refractivity contribution in [1.29, 1.82) is 0 Å². The van der Waals surface area contributed by atoms with E-state index in [0.29, 0.717) is 25.6 Å². The molecule has 3 heterocycles. The number of rotatable bonds is 7. The van der Waals surface area contributed by atoms with E-state index in [0.717, 1.165) is 48.1 Å². The van der Waals surface area contributed by atoms with Crippen LogP contribution in [0.25, 0.3) is 10.8 Å². The topological polar surface area (TPSA) is 73.4 Å². The summed E-state index contributed by atoms with van der Waals surface area (Å²) < 4.78 is 35.5. The maximum Gasteiger partial charge on any atom is 0.248 e. The third kappa shape index (κ3) is 6.20. The van der Waals surface area contributed by atoms with E-state index < -0.39 is 16.1 Å². The highest BCUT2D eigenvalue weighted by atomic mass is 32.2. The molecule has 8 nitrogen and oxygen atoms in total. The highest BCUT2D eigenvalue weighted by Gasteiger charge is 2.36. The number of amides is 1. The summed E-state index contributed by atoms with van der Waals surface area (Å²) in [7, 11) is -1.61. The summed E-state index contributed by atoms with van der Waals surface area (Å²) in [5, 5.41) is 1.89. The molecule has 3 aromatic carbocycles. The Morgan fingerprint density at radius 1 is 0.854 bits per heavy atom. The Morgan fingerprint density at radius 3 is 2.29 bits per heavy atom. The Labute approximate surface area is 243 Å². The predicted octanol–water partition coefficient (Wildman–Crippen LogP) is 3.21. The van der Waals surface area contributed by atoms with Gasteiger partial charge in [-0.3, -0.25) is 9.69 Å². The van der Waals surface area contributed by atoms with Gasteiger partial charge in [0, 0.05) is 38.8 Å². The molecule has 218 valence electrons. The molecule has 0 saturated carbocycles. The molecule has 41 heavy (non-hydrogen) atoms. The van der Waals surface area contributed by atoms with Gasteiger partial charge in [0.25, 0.3) is 0 Å². The van der Waals surface area contributed by atoms with Gasteiger partial charge in [-0.05, 0) is 73.4 Å². The highest BCUT2D eigenvalue weighted by molar-refractivity contribution is 7.89. The summed E-state index contributed by atoms with van der Waals surface area (Å²) in [5.41, 5.74) is 2.13. The second kappa shape index (κ2) is 12.2. The summed E-state index contributed by atoms with van der Waals surface area (Å²) in [4.78, 5) is 20.1. The smallest absolute Gasteiger partial charge is 0.248 e. The quantitative estimate of drug-likeness (QED) is 0.430. The van der Waals surface area contributed by atoms with Crippen LogP contribution in [0.5, 0.6) is 0 Å². The molecule has 0 aromatic heterocycles. The van der Waals surface area contributed by atoms with E-state index in [1.165, 1.54) is 12.8 Å². The van der Waals surface area contributed by atoms with E-state index in [9.17, 15) is 13.2 Å². The molecule has 3 aromatic rings. The summed E-state index contributed by atoms with van der Waals surface area (Å²) >= 11 is 0. The molecule has 0 radical (unpaired) electrons. The van der Waals surface area contributed by atoms with Gasteiger partial charge in [0.05, 0.1) is 17.5 Å². The lowest BCUT2D eigenvalue weighted by Crippen LogP contribution is -2.54. The van der Waals surface area contributed by atoms with Crippen LogP contribution in [0.3, 0.4) is 0 Å². The van der Waals surface area contributed by atoms with Gasteiger partial charge >= 0.3 is 0 Å². The molecule has 0 N–H and O–H groups in total. The zero-order valence-corrected chi connectivity index (χ0v) is 24.6. The number of hydrogen-bond acceptors (Lipinski definition) is 6. The zero-order chi connectivity index (χ0) is 28.4. The van der Waals surface area contributed by atoms with E-state index >= 15 is 0 Å². The van der Waals surface area contributed by atoms with E-state index in [1.807, 2.05) is 53.4 Å². The van der Waals surface area contributed by atoms with Crippen LogP contribution < -0.4 is 0 Å². The van der Waals surface area contributed by atoms with Crippen LogP contribution in [-0.4, -0.2) is 105 Å². The Balaban J connectivity index is 1.10. The predicted molar refractivity (Wildman–Crippen MR) is 160 cm³/mol. The lowest BCUT2D eigenvalue weighted by atomic mass is 9.96. The first-order chi connectivity index (χ1) is 19.9. The Morgan fingerprint density at radius 2 is 1.54 bits per heavy atom. The first-order valence-corrected chi connectivity index (χ1v) is 16.2. The minimum atomic E-state index is -3.79. The van der Waals surface area contributed by atoms with Crippen molar-refractivity contribution in [3.8, 4) is 0 Å². The minimum absolute atomic E-state index is 0.0202. The number of piperazine rings is 1. The van der Waals surface area contributed by atoms with E-state index in [2.05, 4.69) is 22.9 Å². The summed E-state index contributed by atoms with van der Waals surface area (Å²) in [6.45, 7) is 5.93. The summed E-state index contributed by atoms with van der Waals surface area (Å²) in [6, 6.07) is 21.3. The van der Waals surface area contributed by atoms with Gasteiger partial charge in [0.2, 0.25) is 15.9 Å². The Hall–Kier alpha value is -2.82. The first kappa shape index (κ1) is 28.3. The molecule has 0 aliphatic carbocycles. The van der Waals surface area contributed by atoms with Crippen molar-refractivity contribution in [1.82, 2.24) is 19.0 Å². The van der Waals surface area contributed by atoms with Gasteiger partial charge in [-0.2, -0.15) is 4.31 Å². The number of carbonyl (C=O) groups excluding carboxylic acids is 1. The molecule has 9 heteroatoms. The van der Waals surface area contributed by atoms with Crippen LogP contribution in [0.1, 0.15) is 24.0 Å². The van der Waals surface area contributed by atoms with E-state index in [4.69, 9.17) is 4.74 Å². The number of fused-ring (bicyclic) bond motifs is 2. The molecular formula is C32H40N4O4S. The zero-order valence-electron chi connectivity index (χ0n) is 23.8. The van der Waals surface area contributed by atoms with Crippen LogP contribution >= 0.6 is 0 Å². The van der Waals surface area contributed by atoms with Crippen molar-refractivity contribution in [3.05, 3.63) is 77.9 Å². The van der Waals surface area contributed by atoms with Crippen LogP contribution in [0.15, 0.2) is 71.6 Å². The standard InChI is InChI=1S/C32H40N4O4S/c1-33-14-12-29(13-15-33)34-16-18-35(19-17-34)32(37)24-40-23-30-20-26-7-4-5-9-28(26)22-36(30)41(38,39)31-11-10-25-6-2-3-8-27(25)21-31/h2-11,21,29-30H,12-20,22-24H2,1H3. The molecule has 2 saturated heterocycles. The van der Waals surface area contributed by atoms with Crippen molar-refractivity contribution in [2.45, 2.75) is 42.8 Å². The normalized spacial score (nSPS) is 21.7. The molecule has 0 bridgehead atoms. The molecule has 2 fully saturated rings. The molecule has 1 atom stereocenters. The van der Waals surface area contributed by atoms with Gasteiger partial charge in [-0.15, -0.1) is 0 Å². The number of piperidine rings is 1. The van der Waals surface area contributed by atoms with Crippen LogP contribution in [-0.2, 0) is 32.5 Å². The highest BCUT2D eigenvalue weighted by Crippen LogP contribution is 2.30. The summed E-state index contributed by atoms with van der Waals surface area (Å²) in [5.74, 6) is -0.0202. The maximum atomic E-state index is 14.0. The molecular weight excluding hydrogens is 536 g/mol. The second-order valence-electron chi connectivity index (χ2n) is 11.7. The molecule has 6 rings (SSSR count). The summed E-state index contributed by atoms with van der Waals surface area (Å²) in [6.07, 6.45) is 2.93. The molecule has 1 amide bonds. The third-order valence-corrected chi connectivity index (χ3v) is 10.9. The lowest BCUT2D eigenvalue weighted by Gasteiger charge is -2.42. The van der Waals surface area contributed by atoms with Gasteiger partial charge in [0.1, 0.15) is 6.61 Å². The van der Waals surface area contributed by atoms with Crippen LogP contribution in [0, 0.1) is 0 Å². The Kier molecular flexibility index (Phi) is 8.42. The van der Waals surface area contributed by atoms with Gasteiger partial charge in [-0.1, -0.05) is 54.6 Å². The van der Waals surface area contributed by atoms with E-state index in [-0.39, 0.29) is 30.6 Å².